The van der Waals surface area contributed by atoms with Crippen molar-refractivity contribution in [2.75, 3.05) is 12.4 Å². The molecular weight excluding hydrogens is 380 g/mol. The number of hydrogen-bond acceptors (Lipinski definition) is 6. The molecule has 4 aromatic rings. The molecule has 0 fully saturated rings. The number of anilines is 1. The Hall–Kier alpha value is -2.71. The number of benzene rings is 1. The number of thiophene rings is 1. The van der Waals surface area contributed by atoms with Gasteiger partial charge in [-0.15, -0.1) is 11.3 Å². The van der Waals surface area contributed by atoms with E-state index in [-0.39, 0.29) is 11.8 Å². The molecule has 6 nitrogen and oxygen atoms in total. The van der Waals surface area contributed by atoms with Crippen LogP contribution in [0.3, 0.4) is 0 Å². The van der Waals surface area contributed by atoms with Crippen LogP contribution in [0.1, 0.15) is 28.5 Å². The Kier molecular flexibility index (Phi) is 3.76. The van der Waals surface area contributed by atoms with E-state index in [4.69, 9.17) is 14.8 Å². The first-order valence-corrected chi connectivity index (χ1v) is 10.2. The van der Waals surface area contributed by atoms with E-state index in [1.807, 2.05) is 36.6 Å². The number of carbonyl (C=O) groups excluding carboxylic acids is 1. The second kappa shape index (κ2) is 6.17. The van der Waals surface area contributed by atoms with E-state index in [1.54, 1.807) is 23.1 Å². The molecular formula is C19H16N4O2S2. The minimum absolute atomic E-state index is 0.00447. The zero-order chi connectivity index (χ0) is 18.5. The van der Waals surface area contributed by atoms with Gasteiger partial charge in [0.15, 0.2) is 0 Å². The van der Waals surface area contributed by atoms with Gasteiger partial charge in [-0.25, -0.2) is 4.98 Å². The van der Waals surface area contributed by atoms with Crippen LogP contribution in [0, 0.1) is 6.92 Å². The van der Waals surface area contributed by atoms with Gasteiger partial charge in [0, 0.05) is 22.8 Å². The molecule has 0 unspecified atom stereocenters. The molecule has 0 spiro atoms. The third-order valence-electron chi connectivity index (χ3n) is 4.75. The zero-order valence-electron chi connectivity index (χ0n) is 14.7. The van der Waals surface area contributed by atoms with Gasteiger partial charge in [0.1, 0.15) is 11.6 Å². The summed E-state index contributed by atoms with van der Waals surface area (Å²) in [5, 5.41) is 10.5. The highest BCUT2D eigenvalue weighted by Gasteiger charge is 2.33. The van der Waals surface area contributed by atoms with Crippen LogP contribution in [0.15, 0.2) is 35.7 Å². The predicted octanol–water partition coefficient (Wildman–Crippen LogP) is 4.33. The fourth-order valence-corrected chi connectivity index (χ4v) is 5.32. The Bertz CT molecular complexity index is 1160. The fourth-order valence-electron chi connectivity index (χ4n) is 3.53. The second-order valence-electron chi connectivity index (χ2n) is 6.41. The molecule has 5 rings (SSSR count). The highest BCUT2D eigenvalue weighted by atomic mass is 32.1. The van der Waals surface area contributed by atoms with Gasteiger partial charge in [-0.2, -0.15) is 9.78 Å². The molecule has 1 N–H and O–H groups in total. The Balaban J connectivity index is 1.67. The number of carbonyl (C=O) groups is 1. The van der Waals surface area contributed by atoms with Crippen LogP contribution < -0.4 is 10.1 Å². The van der Waals surface area contributed by atoms with Crippen LogP contribution in [-0.2, 0) is 4.79 Å². The lowest BCUT2D eigenvalue weighted by molar-refractivity contribution is -0.116. The zero-order valence-corrected chi connectivity index (χ0v) is 16.4. The molecule has 3 aromatic heterocycles. The molecule has 1 atom stereocenters. The van der Waals surface area contributed by atoms with Gasteiger partial charge in [-0.05, 0) is 36.6 Å². The summed E-state index contributed by atoms with van der Waals surface area (Å²) in [4.78, 5) is 18.3. The molecule has 0 aliphatic carbocycles. The molecule has 8 heteroatoms. The number of ether oxygens (including phenoxy) is 1. The van der Waals surface area contributed by atoms with E-state index in [1.165, 1.54) is 16.2 Å². The van der Waals surface area contributed by atoms with Crippen LogP contribution >= 0.6 is 22.7 Å². The molecule has 0 saturated heterocycles. The van der Waals surface area contributed by atoms with Crippen molar-refractivity contribution in [1.82, 2.24) is 14.8 Å². The standard InChI is InChI=1S/C19H16N4O2S2/c1-10-17-12(14-4-3-7-26-14)9-16(24)21-18(17)23(22-10)19-20-13-6-5-11(25-2)8-15(13)27-19/h3-8,12H,9H2,1-2H3,(H,21,24)/t12-/m0/s1. The van der Waals surface area contributed by atoms with Crippen LogP contribution in [0.4, 0.5) is 5.82 Å². The average molecular weight is 396 g/mol. The summed E-state index contributed by atoms with van der Waals surface area (Å²) in [5.41, 5.74) is 2.88. The van der Waals surface area contributed by atoms with Crippen molar-refractivity contribution in [1.29, 1.82) is 0 Å². The predicted molar refractivity (Wildman–Crippen MR) is 107 cm³/mol. The van der Waals surface area contributed by atoms with Gasteiger partial charge in [-0.3, -0.25) is 4.79 Å². The summed E-state index contributed by atoms with van der Waals surface area (Å²) >= 11 is 3.20. The first kappa shape index (κ1) is 16.5. The molecule has 136 valence electrons. The Morgan fingerprint density at radius 1 is 1.33 bits per heavy atom. The molecule has 0 bridgehead atoms. The van der Waals surface area contributed by atoms with Gasteiger partial charge < -0.3 is 10.1 Å². The summed E-state index contributed by atoms with van der Waals surface area (Å²) in [6.07, 6.45) is 0.442. The van der Waals surface area contributed by atoms with Gasteiger partial charge in [0.2, 0.25) is 11.0 Å². The van der Waals surface area contributed by atoms with E-state index < -0.39 is 0 Å². The molecule has 1 aromatic carbocycles. The van der Waals surface area contributed by atoms with Crippen LogP contribution in [0.25, 0.3) is 15.3 Å². The third-order valence-corrected chi connectivity index (χ3v) is 6.73. The number of nitrogens with zero attached hydrogens (tertiary/aromatic N) is 3. The van der Waals surface area contributed by atoms with E-state index in [0.717, 1.165) is 38.2 Å². The van der Waals surface area contributed by atoms with Crippen molar-refractivity contribution >= 4 is 44.6 Å². The van der Waals surface area contributed by atoms with Crippen molar-refractivity contribution in [2.45, 2.75) is 19.3 Å². The van der Waals surface area contributed by atoms with Gasteiger partial charge in [0.05, 0.1) is 23.0 Å². The number of thiazole rings is 1. The maximum atomic E-state index is 12.4. The molecule has 4 heterocycles. The summed E-state index contributed by atoms with van der Waals surface area (Å²) in [5.74, 6) is 1.57. The molecule has 1 amide bonds. The number of nitrogens with one attached hydrogen (secondary N) is 1. The lowest BCUT2D eigenvalue weighted by Gasteiger charge is -2.22. The first-order valence-electron chi connectivity index (χ1n) is 8.52. The highest BCUT2D eigenvalue weighted by Crippen LogP contribution is 2.42. The average Bonchev–Trinajstić information content (AvgIpc) is 3.39. The smallest absolute Gasteiger partial charge is 0.226 e. The number of fused-ring (bicyclic) bond motifs is 2. The van der Waals surface area contributed by atoms with Gasteiger partial charge in [-0.1, -0.05) is 17.4 Å². The summed E-state index contributed by atoms with van der Waals surface area (Å²) in [6, 6.07) is 9.89. The van der Waals surface area contributed by atoms with E-state index in [0.29, 0.717) is 6.42 Å². The fraction of sp³-hybridized carbons (Fsp3) is 0.211. The van der Waals surface area contributed by atoms with E-state index >= 15 is 0 Å². The topological polar surface area (TPSA) is 69.0 Å². The number of hydrogen-bond donors (Lipinski definition) is 1. The van der Waals surface area contributed by atoms with Crippen LogP contribution in [-0.4, -0.2) is 27.8 Å². The number of aryl methyl sites for hydroxylation is 1. The van der Waals surface area contributed by atoms with Gasteiger partial charge >= 0.3 is 0 Å². The molecule has 1 aliphatic heterocycles. The van der Waals surface area contributed by atoms with Crippen LogP contribution in [0.2, 0.25) is 0 Å². The van der Waals surface area contributed by atoms with Gasteiger partial charge in [0.25, 0.3) is 0 Å². The summed E-state index contributed by atoms with van der Waals surface area (Å²) < 4.78 is 8.08. The Labute approximate surface area is 163 Å². The normalized spacial score (nSPS) is 16.4. The minimum Gasteiger partial charge on any atom is -0.497 e. The molecule has 0 saturated carbocycles. The second-order valence-corrected chi connectivity index (χ2v) is 8.40. The maximum absolute atomic E-state index is 12.4. The monoisotopic (exact) mass is 396 g/mol. The number of amides is 1. The molecule has 1 aliphatic rings. The summed E-state index contributed by atoms with van der Waals surface area (Å²) in [6.45, 7) is 1.99. The van der Waals surface area contributed by atoms with Crippen molar-refractivity contribution in [2.24, 2.45) is 0 Å². The SMILES string of the molecule is COc1ccc2nc(-n3nc(C)c4c3NC(=O)C[C@H]4c3cccs3)sc2c1. The molecule has 27 heavy (non-hydrogen) atoms. The number of rotatable bonds is 3. The highest BCUT2D eigenvalue weighted by molar-refractivity contribution is 7.20. The lowest BCUT2D eigenvalue weighted by Crippen LogP contribution is -2.24. The first-order chi connectivity index (χ1) is 13.1. The van der Waals surface area contributed by atoms with Crippen LogP contribution in [0.5, 0.6) is 5.75 Å². The summed E-state index contributed by atoms with van der Waals surface area (Å²) in [7, 11) is 1.65. The largest absolute Gasteiger partial charge is 0.497 e. The van der Waals surface area contributed by atoms with Crippen molar-refractivity contribution < 1.29 is 9.53 Å². The minimum atomic E-state index is 0.00447. The third kappa shape index (κ3) is 2.64. The van der Waals surface area contributed by atoms with Crippen molar-refractivity contribution in [3.63, 3.8) is 0 Å². The number of aromatic nitrogens is 3. The maximum Gasteiger partial charge on any atom is 0.226 e. The number of methoxy groups -OCH3 is 1. The Morgan fingerprint density at radius 2 is 2.22 bits per heavy atom. The quantitative estimate of drug-likeness (QED) is 0.559. The van der Waals surface area contributed by atoms with Crippen molar-refractivity contribution in [3.8, 4) is 10.9 Å². The van der Waals surface area contributed by atoms with E-state index in [9.17, 15) is 4.79 Å². The van der Waals surface area contributed by atoms with E-state index in [2.05, 4.69) is 11.4 Å². The molecule has 0 radical (unpaired) electrons. The lowest BCUT2D eigenvalue weighted by atomic mass is 9.91. The Morgan fingerprint density at radius 3 is 3.00 bits per heavy atom. The van der Waals surface area contributed by atoms with Crippen molar-refractivity contribution in [3.05, 3.63) is 51.8 Å².